The summed E-state index contributed by atoms with van der Waals surface area (Å²) in [6.45, 7) is 7.52. The van der Waals surface area contributed by atoms with Gasteiger partial charge in [-0.2, -0.15) is 0 Å². The van der Waals surface area contributed by atoms with Crippen molar-refractivity contribution >= 4 is 17.9 Å². The molecule has 0 radical (unpaired) electrons. The largest absolute Gasteiger partial charge is 0.507 e. The fourth-order valence-electron chi connectivity index (χ4n) is 4.02. The predicted octanol–water partition coefficient (Wildman–Crippen LogP) is 3.13. The van der Waals surface area contributed by atoms with Crippen LogP contribution in [0, 0.1) is 0 Å². The van der Waals surface area contributed by atoms with E-state index in [0.29, 0.717) is 34.8 Å². The summed E-state index contributed by atoms with van der Waals surface area (Å²) in [5.41, 5.74) is 6.68. The zero-order valence-electron chi connectivity index (χ0n) is 20.9. The van der Waals surface area contributed by atoms with Crippen molar-refractivity contribution in [3.63, 3.8) is 0 Å². The summed E-state index contributed by atoms with van der Waals surface area (Å²) < 4.78 is 17.4. The van der Waals surface area contributed by atoms with Crippen LogP contribution in [0.4, 0.5) is 4.79 Å². The Balaban J connectivity index is 0.000000658. The van der Waals surface area contributed by atoms with E-state index in [0.717, 1.165) is 5.56 Å². The van der Waals surface area contributed by atoms with Crippen LogP contribution >= 0.6 is 0 Å². The summed E-state index contributed by atoms with van der Waals surface area (Å²) in [5.74, 6) is 1.37. The number of ether oxygens (including phenoxy) is 3. The van der Waals surface area contributed by atoms with Gasteiger partial charge >= 0.3 is 6.03 Å². The van der Waals surface area contributed by atoms with Gasteiger partial charge in [0.15, 0.2) is 5.78 Å². The van der Waals surface area contributed by atoms with Crippen molar-refractivity contribution in [2.24, 2.45) is 5.73 Å². The first-order chi connectivity index (χ1) is 16.8. The number of aromatic hydroxyl groups is 1. The second-order valence-corrected chi connectivity index (χ2v) is 9.69. The van der Waals surface area contributed by atoms with Crippen LogP contribution in [-0.4, -0.2) is 51.7 Å². The first-order valence-electron chi connectivity index (χ1n) is 11.3. The molecule has 4 rings (SSSR count). The van der Waals surface area contributed by atoms with Crippen LogP contribution < -0.4 is 25.4 Å². The molecule has 0 aromatic heterocycles. The van der Waals surface area contributed by atoms with E-state index < -0.39 is 23.3 Å². The van der Waals surface area contributed by atoms with Gasteiger partial charge in [0.1, 0.15) is 34.2 Å². The number of Topliss-reactive ketones (excluding diaryl/α,β-unsaturated/α-hetero) is 1. The normalized spacial score (nSPS) is 18.2. The van der Waals surface area contributed by atoms with Gasteiger partial charge < -0.3 is 30.2 Å². The number of methoxy groups -OCH3 is 1. The first-order valence-corrected chi connectivity index (χ1v) is 11.3. The number of primary amides is 1. The Labute approximate surface area is 209 Å². The van der Waals surface area contributed by atoms with Crippen molar-refractivity contribution in [1.82, 2.24) is 5.48 Å². The molecule has 2 aromatic rings. The number of carbonyl (C=O) groups excluding carboxylic acids is 2. The molecule has 2 aromatic carbocycles. The van der Waals surface area contributed by atoms with Crippen molar-refractivity contribution in [3.05, 3.63) is 52.6 Å². The van der Waals surface area contributed by atoms with E-state index in [1.165, 1.54) is 11.5 Å². The molecule has 0 bridgehead atoms. The van der Waals surface area contributed by atoms with Crippen LogP contribution in [0.15, 0.2) is 30.3 Å². The summed E-state index contributed by atoms with van der Waals surface area (Å²) in [5, 5.41) is 28.2. The highest BCUT2D eigenvalue weighted by molar-refractivity contribution is 6.00. The molecule has 1 atom stereocenters. The third-order valence-electron chi connectivity index (χ3n) is 6.00. The van der Waals surface area contributed by atoms with E-state index in [9.17, 15) is 19.8 Å². The number of aliphatic hydroxyl groups excluding tert-OH is 1. The van der Waals surface area contributed by atoms with Crippen molar-refractivity contribution < 1.29 is 39.2 Å². The molecule has 2 aliphatic rings. The fraction of sp³-hybridized carbons (Fsp3) is 0.385. The van der Waals surface area contributed by atoms with Crippen LogP contribution in [0.25, 0.3) is 6.08 Å². The molecular formula is C26H32N2O8. The maximum Gasteiger partial charge on any atom is 0.335 e. The first kappa shape index (κ1) is 26.8. The number of rotatable bonds is 4. The minimum atomic E-state index is -0.940. The number of hydrogen-bond acceptors (Lipinski definition) is 8. The molecule has 0 aliphatic carbocycles. The number of fused-ring (bicyclic) bond motifs is 2. The molecule has 2 amide bonds. The van der Waals surface area contributed by atoms with Crippen LogP contribution in [0.3, 0.4) is 0 Å². The molecule has 6 N–H and O–H groups in total. The lowest BCUT2D eigenvalue weighted by Crippen LogP contribution is -2.46. The zero-order valence-corrected chi connectivity index (χ0v) is 20.9. The minimum absolute atomic E-state index is 0.0505. The fourth-order valence-corrected chi connectivity index (χ4v) is 4.02. The molecular weight excluding hydrogens is 468 g/mol. The molecule has 10 heteroatoms. The third kappa shape index (κ3) is 5.72. The van der Waals surface area contributed by atoms with E-state index in [1.807, 2.05) is 38.1 Å². The lowest BCUT2D eigenvalue weighted by molar-refractivity contribution is -0.0412. The number of hydrogen-bond donors (Lipinski definition) is 5. The summed E-state index contributed by atoms with van der Waals surface area (Å²) in [7, 11) is 1.56. The molecule has 0 saturated carbocycles. The number of ketones is 1. The zero-order chi connectivity index (χ0) is 26.8. The maximum atomic E-state index is 13.1. The number of phenols is 1. The molecule has 2 heterocycles. The Bertz CT molecular complexity index is 1200. The van der Waals surface area contributed by atoms with E-state index in [2.05, 4.69) is 5.73 Å². The molecule has 2 aliphatic heterocycles. The van der Waals surface area contributed by atoms with E-state index in [1.54, 1.807) is 27.0 Å². The second kappa shape index (κ2) is 10.1. The quantitative estimate of drug-likeness (QED) is 0.243. The van der Waals surface area contributed by atoms with Crippen LogP contribution in [0.2, 0.25) is 0 Å². The SMILES string of the molecule is COc1c(CC(=O)c2cc3c(cc2O)OC(C)(C)C(O)C3)ccc2c1C=CC(C)(C)O2.NC(=O)NO. The van der Waals surface area contributed by atoms with Crippen molar-refractivity contribution in [3.8, 4) is 23.0 Å². The highest BCUT2D eigenvalue weighted by Crippen LogP contribution is 2.41. The highest BCUT2D eigenvalue weighted by Gasteiger charge is 2.36. The number of phenolic OH excluding ortho intramolecular Hbond substituents is 1. The maximum absolute atomic E-state index is 13.1. The Morgan fingerprint density at radius 1 is 1.17 bits per heavy atom. The third-order valence-corrected chi connectivity index (χ3v) is 6.00. The number of benzene rings is 2. The van der Waals surface area contributed by atoms with Gasteiger partial charge in [0.25, 0.3) is 0 Å². The van der Waals surface area contributed by atoms with E-state index >= 15 is 0 Å². The smallest absolute Gasteiger partial charge is 0.335 e. The molecule has 1 unspecified atom stereocenters. The van der Waals surface area contributed by atoms with Gasteiger partial charge in [0, 0.05) is 24.5 Å². The lowest BCUT2D eigenvalue weighted by Gasteiger charge is -2.37. The molecule has 0 fully saturated rings. The standard InChI is InChI=1S/C25H28O6.CH4N2O2/c1-24(2)9-8-16-20(30-24)7-6-14(23(16)29-5)11-18(26)17-10-15-12-22(28)25(3,4)31-21(15)13-19(17)27;2-1(4)3-5/h6-10,13,22,27-28H,11-12H2,1-5H3;5H,(H3,2,3,4). The number of amides is 2. The van der Waals surface area contributed by atoms with Gasteiger partial charge in [-0.25, -0.2) is 10.3 Å². The Kier molecular flexibility index (Phi) is 7.51. The Morgan fingerprint density at radius 3 is 2.44 bits per heavy atom. The van der Waals surface area contributed by atoms with Crippen molar-refractivity contribution in [1.29, 1.82) is 0 Å². The number of nitrogens with two attached hydrogens (primary N) is 1. The molecule has 10 nitrogen and oxygen atoms in total. The molecule has 194 valence electrons. The molecule has 36 heavy (non-hydrogen) atoms. The molecule has 0 spiro atoms. The van der Waals surface area contributed by atoms with Crippen molar-refractivity contribution in [2.75, 3.05) is 7.11 Å². The number of carbonyl (C=O) groups is 2. The van der Waals surface area contributed by atoms with Crippen LogP contribution in [0.5, 0.6) is 23.0 Å². The predicted molar refractivity (Wildman–Crippen MR) is 132 cm³/mol. The highest BCUT2D eigenvalue weighted by atomic mass is 16.5. The van der Waals surface area contributed by atoms with Gasteiger partial charge in [-0.3, -0.25) is 10.0 Å². The van der Waals surface area contributed by atoms with Gasteiger partial charge in [0.2, 0.25) is 0 Å². The number of nitrogens with one attached hydrogen (secondary N) is 1. The Morgan fingerprint density at radius 2 is 1.83 bits per heavy atom. The molecule has 0 saturated heterocycles. The van der Waals surface area contributed by atoms with Crippen molar-refractivity contribution in [2.45, 2.75) is 57.8 Å². The second-order valence-electron chi connectivity index (χ2n) is 9.69. The summed E-state index contributed by atoms with van der Waals surface area (Å²) in [6, 6.07) is 5.78. The number of urea groups is 1. The van der Waals surface area contributed by atoms with E-state index in [4.69, 9.17) is 19.4 Å². The van der Waals surface area contributed by atoms with E-state index in [-0.39, 0.29) is 23.5 Å². The van der Waals surface area contributed by atoms with Gasteiger partial charge in [-0.1, -0.05) is 6.07 Å². The summed E-state index contributed by atoms with van der Waals surface area (Å²) in [6.07, 6.45) is 3.59. The average molecular weight is 501 g/mol. The Hall–Kier alpha value is -3.76. The monoisotopic (exact) mass is 500 g/mol. The number of hydroxylamine groups is 1. The number of aliphatic hydroxyl groups is 1. The average Bonchev–Trinajstić information content (AvgIpc) is 2.79. The van der Waals surface area contributed by atoms with Gasteiger partial charge in [0.05, 0.1) is 24.3 Å². The topological polar surface area (TPSA) is 161 Å². The lowest BCUT2D eigenvalue weighted by atomic mass is 9.89. The van der Waals surface area contributed by atoms with Crippen LogP contribution in [-0.2, 0) is 12.8 Å². The summed E-state index contributed by atoms with van der Waals surface area (Å²) in [4.78, 5) is 22.3. The summed E-state index contributed by atoms with van der Waals surface area (Å²) >= 11 is 0. The van der Waals surface area contributed by atoms with Crippen LogP contribution in [0.1, 0.15) is 54.7 Å². The van der Waals surface area contributed by atoms with Gasteiger partial charge in [-0.15, -0.1) is 0 Å². The van der Waals surface area contributed by atoms with Gasteiger partial charge in [-0.05, 0) is 57.5 Å². The minimum Gasteiger partial charge on any atom is -0.507 e.